The summed E-state index contributed by atoms with van der Waals surface area (Å²) in [5, 5.41) is 3.34. The fourth-order valence-electron chi connectivity index (χ4n) is 1.81. The highest BCUT2D eigenvalue weighted by Crippen LogP contribution is 2.25. The van der Waals surface area contributed by atoms with E-state index in [1.165, 1.54) is 5.56 Å². The molecule has 0 aromatic carbocycles. The molecule has 1 aromatic heterocycles. The fourth-order valence-corrected chi connectivity index (χ4v) is 1.81. The Kier molecular flexibility index (Phi) is 5.12. The minimum Gasteiger partial charge on any atom is -0.311 e. The second kappa shape index (κ2) is 6.38. The molecule has 1 aromatic rings. The van der Waals surface area contributed by atoms with Crippen LogP contribution in [0.15, 0.2) is 24.5 Å². The lowest BCUT2D eigenvalue weighted by Crippen LogP contribution is -2.36. The average molecular weight is 220 g/mol. The topological polar surface area (TPSA) is 42.0 Å². The first-order valence-electron chi connectivity index (χ1n) is 5.76. The molecule has 0 saturated heterocycles. The quantitative estimate of drug-likeness (QED) is 0.566. The first kappa shape index (κ1) is 12.8. The number of carbonyl (C=O) groups excluding carboxylic acids is 1. The van der Waals surface area contributed by atoms with E-state index in [4.69, 9.17) is 0 Å². The fraction of sp³-hybridized carbons (Fsp3) is 0.538. The Morgan fingerprint density at radius 3 is 2.88 bits per heavy atom. The van der Waals surface area contributed by atoms with Gasteiger partial charge >= 0.3 is 0 Å². The standard InChI is InChI=1S/C13H20N2O/c1-13(14-2,8-4-3-5-10-16)12-7-6-9-15-11-12/h6-7,9-11,14H,3-5,8H2,1-2H3. The number of unbranched alkanes of at least 4 members (excludes halogenated alkanes) is 2. The minimum absolute atomic E-state index is 0.0445. The van der Waals surface area contributed by atoms with Gasteiger partial charge in [-0.2, -0.15) is 0 Å². The molecule has 16 heavy (non-hydrogen) atoms. The normalized spacial score (nSPS) is 14.4. The smallest absolute Gasteiger partial charge is 0.119 e. The average Bonchev–Trinajstić information content (AvgIpc) is 2.35. The molecule has 0 aliphatic rings. The van der Waals surface area contributed by atoms with E-state index in [0.717, 1.165) is 25.5 Å². The van der Waals surface area contributed by atoms with Crippen molar-refractivity contribution in [2.45, 2.75) is 38.1 Å². The molecule has 0 amide bonds. The summed E-state index contributed by atoms with van der Waals surface area (Å²) >= 11 is 0. The van der Waals surface area contributed by atoms with E-state index in [-0.39, 0.29) is 5.54 Å². The van der Waals surface area contributed by atoms with Crippen molar-refractivity contribution in [3.05, 3.63) is 30.1 Å². The lowest BCUT2D eigenvalue weighted by atomic mass is 9.88. The summed E-state index contributed by atoms with van der Waals surface area (Å²) in [6.45, 7) is 2.17. The Morgan fingerprint density at radius 1 is 1.50 bits per heavy atom. The van der Waals surface area contributed by atoms with Gasteiger partial charge in [0.2, 0.25) is 0 Å². The molecule has 1 rings (SSSR count). The maximum absolute atomic E-state index is 10.2. The number of carbonyl (C=O) groups is 1. The minimum atomic E-state index is -0.0445. The molecule has 1 heterocycles. The molecule has 3 nitrogen and oxygen atoms in total. The Morgan fingerprint density at radius 2 is 2.31 bits per heavy atom. The van der Waals surface area contributed by atoms with Gasteiger partial charge in [0, 0.05) is 24.4 Å². The molecule has 0 bridgehead atoms. The molecule has 0 aliphatic carbocycles. The zero-order chi connectivity index (χ0) is 11.9. The van der Waals surface area contributed by atoms with E-state index in [2.05, 4.69) is 23.3 Å². The van der Waals surface area contributed by atoms with Gasteiger partial charge < -0.3 is 10.1 Å². The number of rotatable bonds is 7. The number of pyridine rings is 1. The Labute approximate surface area is 97.3 Å². The largest absolute Gasteiger partial charge is 0.311 e. The lowest BCUT2D eigenvalue weighted by molar-refractivity contribution is -0.107. The molecule has 1 N–H and O–H groups in total. The first-order valence-corrected chi connectivity index (χ1v) is 5.76. The van der Waals surface area contributed by atoms with Gasteiger partial charge in [-0.1, -0.05) is 12.5 Å². The molecule has 1 unspecified atom stereocenters. The molecular formula is C13H20N2O. The molecule has 0 fully saturated rings. The third-order valence-corrected chi connectivity index (χ3v) is 3.10. The molecule has 88 valence electrons. The van der Waals surface area contributed by atoms with Gasteiger partial charge in [-0.25, -0.2) is 0 Å². The van der Waals surface area contributed by atoms with Crippen molar-refractivity contribution in [2.24, 2.45) is 0 Å². The number of aldehydes is 1. The van der Waals surface area contributed by atoms with Gasteiger partial charge in [-0.15, -0.1) is 0 Å². The van der Waals surface area contributed by atoms with Crippen molar-refractivity contribution in [3.8, 4) is 0 Å². The summed E-state index contributed by atoms with van der Waals surface area (Å²) in [5.41, 5.74) is 1.15. The van der Waals surface area contributed by atoms with Crippen molar-refractivity contribution in [1.82, 2.24) is 10.3 Å². The summed E-state index contributed by atoms with van der Waals surface area (Å²) in [6, 6.07) is 4.04. The van der Waals surface area contributed by atoms with Crippen LogP contribution >= 0.6 is 0 Å². The van der Waals surface area contributed by atoms with E-state index in [0.29, 0.717) is 6.42 Å². The van der Waals surface area contributed by atoms with Gasteiger partial charge in [0.25, 0.3) is 0 Å². The van der Waals surface area contributed by atoms with Crippen molar-refractivity contribution < 1.29 is 4.79 Å². The van der Waals surface area contributed by atoms with Crippen LogP contribution in [0.3, 0.4) is 0 Å². The maximum atomic E-state index is 10.2. The Hall–Kier alpha value is -1.22. The Bertz CT molecular complexity index is 313. The molecule has 0 radical (unpaired) electrons. The summed E-state index contributed by atoms with van der Waals surface area (Å²) < 4.78 is 0. The van der Waals surface area contributed by atoms with Crippen LogP contribution in [0.1, 0.15) is 38.2 Å². The van der Waals surface area contributed by atoms with Crippen molar-refractivity contribution >= 4 is 6.29 Å². The van der Waals surface area contributed by atoms with Gasteiger partial charge in [0.15, 0.2) is 0 Å². The van der Waals surface area contributed by atoms with Crippen LogP contribution in [0.5, 0.6) is 0 Å². The number of hydrogen-bond donors (Lipinski definition) is 1. The van der Waals surface area contributed by atoms with Crippen LogP contribution in [0.4, 0.5) is 0 Å². The third kappa shape index (κ3) is 3.42. The third-order valence-electron chi connectivity index (χ3n) is 3.10. The lowest BCUT2D eigenvalue weighted by Gasteiger charge is -2.29. The monoisotopic (exact) mass is 220 g/mol. The SMILES string of the molecule is CNC(C)(CCCCC=O)c1cccnc1. The molecule has 3 heteroatoms. The first-order chi connectivity index (χ1) is 7.73. The zero-order valence-electron chi connectivity index (χ0n) is 10.1. The van der Waals surface area contributed by atoms with Crippen molar-refractivity contribution in [3.63, 3.8) is 0 Å². The molecular weight excluding hydrogens is 200 g/mol. The summed E-state index contributed by atoms with van der Waals surface area (Å²) in [6.07, 6.45) is 8.35. The second-order valence-corrected chi connectivity index (χ2v) is 4.24. The Balaban J connectivity index is 2.59. The number of nitrogens with zero attached hydrogens (tertiary/aromatic N) is 1. The van der Waals surface area contributed by atoms with Gasteiger partial charge in [0.05, 0.1) is 0 Å². The van der Waals surface area contributed by atoms with Crippen LogP contribution in [0, 0.1) is 0 Å². The van der Waals surface area contributed by atoms with E-state index in [1.807, 2.05) is 19.3 Å². The molecule has 0 spiro atoms. The second-order valence-electron chi connectivity index (χ2n) is 4.24. The van der Waals surface area contributed by atoms with Crippen LogP contribution in [0.2, 0.25) is 0 Å². The van der Waals surface area contributed by atoms with Crippen LogP contribution in [-0.2, 0) is 10.3 Å². The molecule has 0 saturated carbocycles. The highest BCUT2D eigenvalue weighted by atomic mass is 16.1. The maximum Gasteiger partial charge on any atom is 0.119 e. The number of hydrogen-bond acceptors (Lipinski definition) is 3. The van der Waals surface area contributed by atoms with Crippen LogP contribution < -0.4 is 5.32 Å². The summed E-state index contributed by atoms with van der Waals surface area (Å²) in [5.74, 6) is 0. The van der Waals surface area contributed by atoms with Crippen LogP contribution in [-0.4, -0.2) is 18.3 Å². The zero-order valence-corrected chi connectivity index (χ0v) is 10.1. The summed E-state index contributed by atoms with van der Waals surface area (Å²) in [4.78, 5) is 14.4. The van der Waals surface area contributed by atoms with Gasteiger partial charge in [-0.05, 0) is 38.4 Å². The van der Waals surface area contributed by atoms with Gasteiger partial charge in [0.1, 0.15) is 6.29 Å². The number of aromatic nitrogens is 1. The van der Waals surface area contributed by atoms with Crippen molar-refractivity contribution in [2.75, 3.05) is 7.05 Å². The predicted molar refractivity (Wildman–Crippen MR) is 65.2 cm³/mol. The highest BCUT2D eigenvalue weighted by Gasteiger charge is 2.23. The highest BCUT2D eigenvalue weighted by molar-refractivity contribution is 5.48. The van der Waals surface area contributed by atoms with E-state index >= 15 is 0 Å². The molecule has 1 atom stereocenters. The van der Waals surface area contributed by atoms with Gasteiger partial charge in [-0.3, -0.25) is 4.98 Å². The predicted octanol–water partition coefficient (Wildman–Crippen LogP) is 2.28. The number of nitrogens with one attached hydrogen (secondary N) is 1. The summed E-state index contributed by atoms with van der Waals surface area (Å²) in [7, 11) is 1.97. The van der Waals surface area contributed by atoms with Crippen molar-refractivity contribution in [1.29, 1.82) is 0 Å². The van der Waals surface area contributed by atoms with E-state index in [1.54, 1.807) is 6.20 Å². The van der Waals surface area contributed by atoms with Crippen LogP contribution in [0.25, 0.3) is 0 Å². The molecule has 0 aliphatic heterocycles. The van der Waals surface area contributed by atoms with E-state index in [9.17, 15) is 4.79 Å². The van der Waals surface area contributed by atoms with E-state index < -0.39 is 0 Å².